The van der Waals surface area contributed by atoms with Gasteiger partial charge in [-0.1, -0.05) is 72.8 Å². The Balaban J connectivity index is 1.77. The fourth-order valence-electron chi connectivity index (χ4n) is 3.72. The van der Waals surface area contributed by atoms with Crippen LogP contribution in [0.15, 0.2) is 142 Å². The van der Waals surface area contributed by atoms with Crippen molar-refractivity contribution in [3.8, 4) is 0 Å². The van der Waals surface area contributed by atoms with E-state index in [2.05, 4.69) is 0 Å². The lowest BCUT2D eigenvalue weighted by atomic mass is 10.2. The second kappa shape index (κ2) is 14.1. The number of para-hydroxylation sites is 4. The fraction of sp³-hybridized carbons (Fsp3) is 0.125. The monoisotopic (exact) mass is 530 g/mol. The van der Waals surface area contributed by atoms with Crippen molar-refractivity contribution < 1.29 is 0 Å². The van der Waals surface area contributed by atoms with E-state index in [1.165, 1.54) is 0 Å². The Morgan fingerprint density at radius 3 is 0.925 bits per heavy atom. The van der Waals surface area contributed by atoms with Gasteiger partial charge in [-0.15, -0.1) is 0 Å². The molecule has 0 unspecified atom stereocenters. The maximum Gasteiger partial charge on any atom is 0.133 e. The van der Waals surface area contributed by atoms with Gasteiger partial charge in [0.1, 0.15) is 11.4 Å². The largest absolute Gasteiger partial charge is 0.269 e. The highest BCUT2D eigenvalue weighted by atomic mass is 15.5. The van der Waals surface area contributed by atoms with Gasteiger partial charge in [0.2, 0.25) is 0 Å². The van der Waals surface area contributed by atoms with E-state index >= 15 is 0 Å². The molecule has 0 aliphatic rings. The first-order valence-electron chi connectivity index (χ1n) is 12.9. The van der Waals surface area contributed by atoms with Crippen molar-refractivity contribution in [1.29, 1.82) is 0 Å². The Kier molecular flexibility index (Phi) is 9.77. The molecule has 0 saturated heterocycles. The molecule has 4 aromatic carbocycles. The first-order valence-corrected chi connectivity index (χ1v) is 12.9. The molecule has 0 spiro atoms. The molecule has 0 aromatic heterocycles. The summed E-state index contributed by atoms with van der Waals surface area (Å²) in [7, 11) is 7.59. The molecule has 0 aliphatic heterocycles. The number of benzene rings is 4. The van der Waals surface area contributed by atoms with Gasteiger partial charge in [-0.2, -0.15) is 20.4 Å². The molecule has 0 amide bonds. The third-order valence-corrected chi connectivity index (χ3v) is 6.00. The lowest BCUT2D eigenvalue weighted by Crippen LogP contribution is -2.28. The van der Waals surface area contributed by atoms with Crippen LogP contribution in [0, 0.1) is 0 Å². The first-order chi connectivity index (χ1) is 19.5. The second-order valence-electron chi connectivity index (χ2n) is 8.90. The summed E-state index contributed by atoms with van der Waals surface area (Å²) in [5.41, 5.74) is 4.82. The van der Waals surface area contributed by atoms with Crippen molar-refractivity contribution >= 4 is 46.6 Å². The average molecular weight is 531 g/mol. The van der Waals surface area contributed by atoms with E-state index < -0.39 is 0 Å². The molecule has 0 fully saturated rings. The maximum absolute atomic E-state index is 4.92. The van der Waals surface area contributed by atoms with E-state index in [0.717, 1.165) is 22.7 Å². The molecule has 8 nitrogen and oxygen atoms in total. The number of hydrogen-bond donors (Lipinski definition) is 0. The molecule has 0 bridgehead atoms. The maximum atomic E-state index is 4.92. The standard InChI is InChI=1S/C32H34N8/c1-37(27-17-9-5-10-18-27)33-25-31(35-39(3)29-21-13-7-14-22-29)32(36-40(4)30-23-15-8-16-24-30)26-34-38(2)28-19-11-6-12-20-28/h5-26H,1-4H3/b33-25-,34-26+,35-31+,36-32+. The minimum absolute atomic E-state index is 0.530. The van der Waals surface area contributed by atoms with Gasteiger partial charge in [-0.3, -0.25) is 20.0 Å². The number of nitrogens with zero attached hydrogens (tertiary/aromatic N) is 8. The van der Waals surface area contributed by atoms with Crippen molar-refractivity contribution in [2.45, 2.75) is 0 Å². The van der Waals surface area contributed by atoms with E-state index in [1.807, 2.05) is 150 Å². The number of rotatable bonds is 11. The SMILES string of the molecule is CN(\N=C/C(=N\N(C)c1ccccc1)C(/C=N/N(C)c1ccccc1)=N/N(C)c1ccccc1)c1ccccc1. The third kappa shape index (κ3) is 7.88. The van der Waals surface area contributed by atoms with Crippen LogP contribution in [0.25, 0.3) is 0 Å². The van der Waals surface area contributed by atoms with Crippen molar-refractivity contribution in [1.82, 2.24) is 0 Å². The van der Waals surface area contributed by atoms with Gasteiger partial charge in [0.05, 0.1) is 35.2 Å². The van der Waals surface area contributed by atoms with Crippen LogP contribution < -0.4 is 20.0 Å². The quantitative estimate of drug-likeness (QED) is 0.171. The molecule has 0 aliphatic carbocycles. The first kappa shape index (κ1) is 27.8. The minimum atomic E-state index is 0.530. The van der Waals surface area contributed by atoms with E-state index in [0.29, 0.717) is 11.4 Å². The molecule has 8 heteroatoms. The molecule has 0 saturated carbocycles. The third-order valence-electron chi connectivity index (χ3n) is 6.00. The Labute approximate surface area is 236 Å². The van der Waals surface area contributed by atoms with Crippen LogP contribution in [-0.2, 0) is 0 Å². The average Bonchev–Trinajstić information content (AvgIpc) is 3.02. The van der Waals surface area contributed by atoms with Gasteiger partial charge >= 0.3 is 0 Å². The van der Waals surface area contributed by atoms with Gasteiger partial charge in [0.15, 0.2) is 0 Å². The van der Waals surface area contributed by atoms with Crippen LogP contribution in [-0.4, -0.2) is 52.0 Å². The molecular formula is C32H34N8. The Hall–Kier alpha value is -5.24. The summed E-state index contributed by atoms with van der Waals surface area (Å²) >= 11 is 0. The summed E-state index contributed by atoms with van der Waals surface area (Å²) in [5, 5.41) is 26.4. The fourth-order valence-corrected chi connectivity index (χ4v) is 3.72. The van der Waals surface area contributed by atoms with Crippen LogP contribution in [0.3, 0.4) is 0 Å². The minimum Gasteiger partial charge on any atom is -0.269 e. The van der Waals surface area contributed by atoms with Crippen LogP contribution >= 0.6 is 0 Å². The zero-order valence-electron chi connectivity index (χ0n) is 23.3. The second-order valence-corrected chi connectivity index (χ2v) is 8.90. The molecule has 4 rings (SSSR count). The smallest absolute Gasteiger partial charge is 0.133 e. The summed E-state index contributed by atoms with van der Waals surface area (Å²) in [5.74, 6) is 0. The predicted molar refractivity (Wildman–Crippen MR) is 171 cm³/mol. The van der Waals surface area contributed by atoms with Crippen molar-refractivity contribution in [2.24, 2.45) is 20.4 Å². The van der Waals surface area contributed by atoms with Crippen molar-refractivity contribution in [3.63, 3.8) is 0 Å². The van der Waals surface area contributed by atoms with Crippen LogP contribution in [0.4, 0.5) is 22.7 Å². The molecule has 0 radical (unpaired) electrons. The highest BCUT2D eigenvalue weighted by Gasteiger charge is 2.12. The predicted octanol–water partition coefficient (Wildman–Crippen LogP) is 6.22. The van der Waals surface area contributed by atoms with Crippen LogP contribution in [0.1, 0.15) is 0 Å². The van der Waals surface area contributed by atoms with Crippen LogP contribution in [0.5, 0.6) is 0 Å². The van der Waals surface area contributed by atoms with Gasteiger partial charge in [0, 0.05) is 28.2 Å². The Morgan fingerprint density at radius 2 is 0.650 bits per heavy atom. The van der Waals surface area contributed by atoms with Crippen LogP contribution in [0.2, 0.25) is 0 Å². The summed E-state index contributed by atoms with van der Waals surface area (Å²) < 4.78 is 0. The van der Waals surface area contributed by atoms with E-state index in [9.17, 15) is 0 Å². The summed E-state index contributed by atoms with van der Waals surface area (Å²) in [6, 6.07) is 39.7. The molecular weight excluding hydrogens is 496 g/mol. The molecule has 0 N–H and O–H groups in total. The van der Waals surface area contributed by atoms with Crippen molar-refractivity contribution in [3.05, 3.63) is 121 Å². The normalized spacial score (nSPS) is 12.1. The van der Waals surface area contributed by atoms with Gasteiger partial charge in [-0.05, 0) is 48.5 Å². The summed E-state index contributed by atoms with van der Waals surface area (Å²) in [6.07, 6.45) is 3.41. The molecule has 4 aromatic rings. The number of anilines is 4. The summed E-state index contributed by atoms with van der Waals surface area (Å²) in [4.78, 5) is 0. The van der Waals surface area contributed by atoms with Gasteiger partial charge in [-0.25, -0.2) is 0 Å². The number of hydrazone groups is 4. The molecule has 40 heavy (non-hydrogen) atoms. The number of hydrogen-bond acceptors (Lipinski definition) is 8. The summed E-state index contributed by atoms with van der Waals surface area (Å²) in [6.45, 7) is 0. The zero-order valence-corrected chi connectivity index (χ0v) is 23.3. The van der Waals surface area contributed by atoms with E-state index in [1.54, 1.807) is 32.5 Å². The highest BCUT2D eigenvalue weighted by molar-refractivity contribution is 6.75. The molecule has 0 atom stereocenters. The van der Waals surface area contributed by atoms with Crippen molar-refractivity contribution in [2.75, 3.05) is 48.2 Å². The lowest BCUT2D eigenvalue weighted by Gasteiger charge is -2.18. The van der Waals surface area contributed by atoms with Gasteiger partial charge < -0.3 is 0 Å². The molecule has 0 heterocycles. The zero-order chi connectivity index (χ0) is 28.2. The Morgan fingerprint density at radius 1 is 0.400 bits per heavy atom. The Bertz CT molecular complexity index is 1320. The topological polar surface area (TPSA) is 62.4 Å². The van der Waals surface area contributed by atoms with Gasteiger partial charge in [0.25, 0.3) is 0 Å². The van der Waals surface area contributed by atoms with E-state index in [-0.39, 0.29) is 0 Å². The highest BCUT2D eigenvalue weighted by Crippen LogP contribution is 2.15. The molecule has 202 valence electrons. The lowest BCUT2D eigenvalue weighted by molar-refractivity contribution is 1.01. The van der Waals surface area contributed by atoms with E-state index in [4.69, 9.17) is 20.4 Å².